The van der Waals surface area contributed by atoms with Crippen LogP contribution in [-0.4, -0.2) is 42.9 Å². The first kappa shape index (κ1) is 20.7. The van der Waals surface area contributed by atoms with Crippen LogP contribution in [0.15, 0.2) is 18.2 Å². The van der Waals surface area contributed by atoms with Crippen LogP contribution in [0.5, 0.6) is 0 Å². The Hall–Kier alpha value is -2.64. The van der Waals surface area contributed by atoms with E-state index >= 15 is 0 Å². The van der Waals surface area contributed by atoms with Crippen molar-refractivity contribution >= 4 is 23.2 Å². The molecule has 8 heteroatoms. The second kappa shape index (κ2) is 9.34. The van der Waals surface area contributed by atoms with Gasteiger partial charge in [0.25, 0.3) is 11.6 Å². The van der Waals surface area contributed by atoms with Gasteiger partial charge in [-0.05, 0) is 24.8 Å². The number of piperidine rings is 1. The molecule has 2 N–H and O–H groups in total. The van der Waals surface area contributed by atoms with Gasteiger partial charge in [0, 0.05) is 44.2 Å². The molecule has 148 valence electrons. The average Bonchev–Trinajstić information content (AvgIpc) is 2.64. The molecule has 27 heavy (non-hydrogen) atoms. The molecule has 1 saturated heterocycles. The number of nitro groups is 1. The third-order valence-corrected chi connectivity index (χ3v) is 4.79. The van der Waals surface area contributed by atoms with E-state index in [1.807, 2.05) is 0 Å². The van der Waals surface area contributed by atoms with Crippen LogP contribution in [0.4, 0.5) is 11.4 Å². The van der Waals surface area contributed by atoms with E-state index in [2.05, 4.69) is 22.5 Å². The van der Waals surface area contributed by atoms with E-state index in [1.165, 1.54) is 12.1 Å². The Morgan fingerprint density at radius 2 is 1.85 bits per heavy atom. The lowest BCUT2D eigenvalue weighted by Gasteiger charge is -2.33. The molecule has 1 aromatic rings. The molecule has 0 atom stereocenters. The minimum atomic E-state index is -0.498. The number of amides is 2. The van der Waals surface area contributed by atoms with Crippen LogP contribution in [0.1, 0.15) is 44.0 Å². The fourth-order valence-electron chi connectivity index (χ4n) is 3.01. The maximum Gasteiger partial charge on any atom is 0.270 e. The third kappa shape index (κ3) is 5.67. The van der Waals surface area contributed by atoms with E-state index in [4.69, 9.17) is 0 Å². The van der Waals surface area contributed by atoms with Gasteiger partial charge in [-0.3, -0.25) is 19.7 Å². The molecule has 1 aliphatic heterocycles. The quantitative estimate of drug-likeness (QED) is 0.432. The summed E-state index contributed by atoms with van der Waals surface area (Å²) in [5.74, 6) is 0.0700. The van der Waals surface area contributed by atoms with Gasteiger partial charge in [0.15, 0.2) is 0 Å². The van der Waals surface area contributed by atoms with Gasteiger partial charge < -0.3 is 15.5 Å². The summed E-state index contributed by atoms with van der Waals surface area (Å²) >= 11 is 0. The lowest BCUT2D eigenvalue weighted by molar-refractivity contribution is -0.384. The summed E-state index contributed by atoms with van der Waals surface area (Å²) in [6.07, 6.45) is 2.05. The number of benzene rings is 1. The normalized spacial score (nSPS) is 14.9. The number of nitro benzene ring substituents is 1. The van der Waals surface area contributed by atoms with Crippen LogP contribution < -0.4 is 15.5 Å². The first-order valence-corrected chi connectivity index (χ1v) is 9.39. The van der Waals surface area contributed by atoms with Gasteiger partial charge in [0.05, 0.1) is 16.2 Å². The Kier molecular flexibility index (Phi) is 7.15. The number of rotatable bonds is 7. The van der Waals surface area contributed by atoms with Crippen molar-refractivity contribution in [1.82, 2.24) is 10.6 Å². The highest BCUT2D eigenvalue weighted by atomic mass is 16.6. The highest BCUT2D eigenvalue weighted by molar-refractivity contribution is 6.00. The van der Waals surface area contributed by atoms with E-state index in [1.54, 1.807) is 19.9 Å². The summed E-state index contributed by atoms with van der Waals surface area (Å²) in [6, 6.07) is 4.42. The summed E-state index contributed by atoms with van der Waals surface area (Å²) < 4.78 is 0. The Bertz CT molecular complexity index is 697. The fraction of sp³-hybridized carbons (Fsp3) is 0.579. The molecule has 0 radical (unpaired) electrons. The summed E-state index contributed by atoms with van der Waals surface area (Å²) in [6.45, 7) is 8.01. The Balaban J connectivity index is 2.09. The highest BCUT2D eigenvalue weighted by Crippen LogP contribution is 2.29. The third-order valence-electron chi connectivity index (χ3n) is 4.79. The van der Waals surface area contributed by atoms with Crippen molar-refractivity contribution in [1.29, 1.82) is 0 Å². The number of anilines is 1. The molecule has 8 nitrogen and oxygen atoms in total. The molecule has 0 aromatic heterocycles. The van der Waals surface area contributed by atoms with Crippen molar-refractivity contribution in [2.75, 3.05) is 31.1 Å². The van der Waals surface area contributed by atoms with E-state index < -0.39 is 4.92 Å². The van der Waals surface area contributed by atoms with Crippen LogP contribution in [0.3, 0.4) is 0 Å². The van der Waals surface area contributed by atoms with E-state index in [9.17, 15) is 19.7 Å². The van der Waals surface area contributed by atoms with Gasteiger partial charge in [0.1, 0.15) is 0 Å². The van der Waals surface area contributed by atoms with Crippen LogP contribution in [0.2, 0.25) is 0 Å². The molecule has 1 fully saturated rings. The second-order valence-corrected chi connectivity index (χ2v) is 7.33. The predicted molar refractivity (Wildman–Crippen MR) is 104 cm³/mol. The van der Waals surface area contributed by atoms with Gasteiger partial charge in [-0.2, -0.15) is 0 Å². The summed E-state index contributed by atoms with van der Waals surface area (Å²) in [4.78, 5) is 36.9. The number of carbonyl (C=O) groups excluding carboxylic acids is 2. The standard InChI is InChI=1S/C19H28N4O4/c1-13(2)18(24)20-8-9-21-19(25)16-12-15(23(26)27)4-5-17(16)22-10-6-14(3)7-11-22/h4-5,12-14H,6-11H2,1-3H3,(H,20,24)(H,21,25). The van der Waals surface area contributed by atoms with Crippen LogP contribution in [-0.2, 0) is 4.79 Å². The van der Waals surface area contributed by atoms with Crippen molar-refractivity contribution in [2.24, 2.45) is 11.8 Å². The number of nitrogens with one attached hydrogen (secondary N) is 2. The molecule has 0 unspecified atom stereocenters. The molecule has 0 saturated carbocycles. The maximum absolute atomic E-state index is 12.7. The molecule has 0 aliphatic carbocycles. The topological polar surface area (TPSA) is 105 Å². The average molecular weight is 376 g/mol. The van der Waals surface area contributed by atoms with Crippen LogP contribution in [0, 0.1) is 22.0 Å². The fourth-order valence-corrected chi connectivity index (χ4v) is 3.01. The largest absolute Gasteiger partial charge is 0.371 e. The van der Waals surface area contributed by atoms with E-state index in [0.29, 0.717) is 18.0 Å². The molecule has 0 spiro atoms. The van der Waals surface area contributed by atoms with Gasteiger partial charge in [-0.25, -0.2) is 0 Å². The smallest absolute Gasteiger partial charge is 0.270 e. The maximum atomic E-state index is 12.7. The molecular weight excluding hydrogens is 348 g/mol. The molecule has 1 aliphatic rings. The van der Waals surface area contributed by atoms with Crippen molar-refractivity contribution in [2.45, 2.75) is 33.6 Å². The number of hydrogen-bond donors (Lipinski definition) is 2. The molecular formula is C19H28N4O4. The Labute approximate surface area is 159 Å². The molecule has 2 amide bonds. The first-order valence-electron chi connectivity index (χ1n) is 9.39. The predicted octanol–water partition coefficient (Wildman–Crippen LogP) is 2.33. The first-order chi connectivity index (χ1) is 12.8. The zero-order valence-electron chi connectivity index (χ0n) is 16.2. The zero-order valence-corrected chi connectivity index (χ0v) is 16.2. The number of carbonyl (C=O) groups is 2. The zero-order chi connectivity index (χ0) is 20.0. The number of non-ortho nitro benzene ring substituents is 1. The van der Waals surface area contributed by atoms with Gasteiger partial charge >= 0.3 is 0 Å². The molecule has 1 heterocycles. The van der Waals surface area contributed by atoms with E-state index in [0.717, 1.165) is 31.6 Å². The minimum absolute atomic E-state index is 0.0808. The SMILES string of the molecule is CC1CCN(c2ccc([N+](=O)[O-])cc2C(=O)NCCNC(=O)C(C)C)CC1. The molecule has 2 rings (SSSR count). The Morgan fingerprint density at radius 1 is 1.22 bits per heavy atom. The molecule has 1 aromatic carbocycles. The summed E-state index contributed by atoms with van der Waals surface area (Å²) in [7, 11) is 0. The van der Waals surface area contributed by atoms with E-state index in [-0.39, 0.29) is 30.0 Å². The van der Waals surface area contributed by atoms with Crippen molar-refractivity contribution in [3.8, 4) is 0 Å². The highest BCUT2D eigenvalue weighted by Gasteiger charge is 2.23. The lowest BCUT2D eigenvalue weighted by atomic mass is 9.98. The number of nitrogens with zero attached hydrogens (tertiary/aromatic N) is 2. The summed E-state index contributed by atoms with van der Waals surface area (Å²) in [5.41, 5.74) is 0.910. The monoisotopic (exact) mass is 376 g/mol. The van der Waals surface area contributed by atoms with Gasteiger partial charge in [-0.1, -0.05) is 20.8 Å². The minimum Gasteiger partial charge on any atom is -0.371 e. The second-order valence-electron chi connectivity index (χ2n) is 7.33. The number of hydrogen-bond acceptors (Lipinski definition) is 5. The lowest BCUT2D eigenvalue weighted by Crippen LogP contribution is -2.38. The van der Waals surface area contributed by atoms with Crippen LogP contribution in [0.25, 0.3) is 0 Å². The van der Waals surface area contributed by atoms with Gasteiger partial charge in [0.2, 0.25) is 5.91 Å². The van der Waals surface area contributed by atoms with Crippen molar-refractivity contribution in [3.63, 3.8) is 0 Å². The summed E-state index contributed by atoms with van der Waals surface area (Å²) in [5, 5.41) is 16.6. The van der Waals surface area contributed by atoms with Crippen molar-refractivity contribution < 1.29 is 14.5 Å². The molecule has 0 bridgehead atoms. The van der Waals surface area contributed by atoms with Crippen molar-refractivity contribution in [3.05, 3.63) is 33.9 Å². The van der Waals surface area contributed by atoms with Crippen LogP contribution >= 0.6 is 0 Å². The Morgan fingerprint density at radius 3 is 2.44 bits per heavy atom. The van der Waals surface area contributed by atoms with Gasteiger partial charge in [-0.15, -0.1) is 0 Å².